The molecule has 3 fully saturated rings. The predicted molar refractivity (Wildman–Crippen MR) is 138 cm³/mol. The second kappa shape index (κ2) is 9.93. The zero-order chi connectivity index (χ0) is 25.7. The molecule has 0 aromatic carbocycles. The number of aliphatic hydroxyl groups is 2. The van der Waals surface area contributed by atoms with E-state index >= 15 is 0 Å². The minimum atomic E-state index is -1.10. The Labute approximate surface area is 225 Å². The Balaban J connectivity index is 1.29. The lowest BCUT2D eigenvalue weighted by Crippen LogP contribution is -2.66. The number of nitrogens with two attached hydrogens (primary N) is 1. The fraction of sp³-hybridized carbons (Fsp3) is 0.545. The van der Waals surface area contributed by atoms with Crippen molar-refractivity contribution in [1.82, 2.24) is 25.0 Å². The van der Waals surface area contributed by atoms with Gasteiger partial charge >= 0.3 is 0 Å². The summed E-state index contributed by atoms with van der Waals surface area (Å²) in [6.45, 7) is 2.87. The van der Waals surface area contributed by atoms with Crippen LogP contribution in [0.25, 0.3) is 11.4 Å². The highest BCUT2D eigenvalue weighted by molar-refractivity contribution is 8.00. The first-order valence-corrected chi connectivity index (χ1v) is 13.8. The first-order valence-electron chi connectivity index (χ1n) is 11.6. The van der Waals surface area contributed by atoms with E-state index in [1.165, 1.54) is 27.8 Å². The highest BCUT2D eigenvalue weighted by Crippen LogP contribution is 2.46. The average Bonchev–Trinajstić information content (AvgIpc) is 3.48. The first kappa shape index (κ1) is 25.2. The summed E-state index contributed by atoms with van der Waals surface area (Å²) in [4.78, 5) is 11.9. The summed E-state index contributed by atoms with van der Waals surface area (Å²) in [6.07, 6.45) is 0.693. The zero-order valence-corrected chi connectivity index (χ0v) is 22.2. The van der Waals surface area contributed by atoms with E-state index in [0.717, 1.165) is 37.0 Å². The van der Waals surface area contributed by atoms with Crippen molar-refractivity contribution in [3.05, 3.63) is 28.9 Å². The fourth-order valence-corrected chi connectivity index (χ4v) is 7.12. The Bertz CT molecular complexity index is 1270. The number of hydrogen-bond donors (Lipinski definition) is 3. The lowest BCUT2D eigenvalue weighted by Gasteiger charge is -2.55. The summed E-state index contributed by atoms with van der Waals surface area (Å²) in [5.41, 5.74) is 6.47. The Kier molecular flexibility index (Phi) is 6.77. The van der Waals surface area contributed by atoms with Crippen molar-refractivity contribution in [3.8, 4) is 11.4 Å². The monoisotopic (exact) mass is 567 g/mol. The zero-order valence-electron chi connectivity index (χ0n) is 19.8. The maximum atomic E-state index is 11.1. The highest BCUT2D eigenvalue weighted by Gasteiger charge is 2.51. The molecule has 0 amide bonds. The maximum absolute atomic E-state index is 11.1. The van der Waals surface area contributed by atoms with E-state index in [2.05, 4.69) is 25.2 Å². The molecule has 3 aliphatic heterocycles. The summed E-state index contributed by atoms with van der Waals surface area (Å²) in [5.74, 6) is 0.803. The molecule has 0 bridgehead atoms. The van der Waals surface area contributed by atoms with Crippen LogP contribution in [-0.4, -0.2) is 98.9 Å². The number of thioether (sulfide) groups is 1. The van der Waals surface area contributed by atoms with E-state index in [-0.39, 0.29) is 12.0 Å². The molecule has 1 spiro atoms. The first-order chi connectivity index (χ1) is 17.9. The molecule has 2 unspecified atom stereocenters. The molecule has 4 N–H and O–H groups in total. The van der Waals surface area contributed by atoms with E-state index in [9.17, 15) is 10.2 Å². The third kappa shape index (κ3) is 4.59. The molecule has 0 saturated carbocycles. The smallest absolute Gasteiger partial charge is 0.180 e. The van der Waals surface area contributed by atoms with E-state index in [0.29, 0.717) is 21.5 Å². The van der Waals surface area contributed by atoms with Crippen LogP contribution in [0.2, 0.25) is 5.02 Å². The molecule has 3 aromatic rings. The fourth-order valence-electron chi connectivity index (χ4n) is 5.00. The predicted octanol–water partition coefficient (Wildman–Crippen LogP) is 1.30. The third-order valence-electron chi connectivity index (χ3n) is 6.91. The van der Waals surface area contributed by atoms with Crippen LogP contribution in [0.4, 0.5) is 10.9 Å². The van der Waals surface area contributed by atoms with Crippen LogP contribution < -0.4 is 10.6 Å². The number of thiazole rings is 1. The number of methoxy groups -OCH3 is 1. The summed E-state index contributed by atoms with van der Waals surface area (Å²) in [5, 5.41) is 32.3. The van der Waals surface area contributed by atoms with E-state index in [1.54, 1.807) is 24.9 Å². The molecule has 0 radical (unpaired) electrons. The Morgan fingerprint density at radius 1 is 1.35 bits per heavy atom. The van der Waals surface area contributed by atoms with Gasteiger partial charge in [-0.25, -0.2) is 14.6 Å². The van der Waals surface area contributed by atoms with Crippen LogP contribution in [-0.2, 0) is 14.2 Å². The van der Waals surface area contributed by atoms with E-state index in [1.807, 2.05) is 6.07 Å². The summed E-state index contributed by atoms with van der Waals surface area (Å²) >= 11 is 9.02. The molecule has 198 valence electrons. The number of aromatic nitrogens is 5. The Hall–Kier alpha value is -2.04. The van der Waals surface area contributed by atoms with Gasteiger partial charge in [-0.05, 0) is 6.07 Å². The van der Waals surface area contributed by atoms with Gasteiger partial charge in [0.25, 0.3) is 0 Å². The van der Waals surface area contributed by atoms with Crippen LogP contribution in [0.15, 0.2) is 28.7 Å². The van der Waals surface area contributed by atoms with Gasteiger partial charge in [0.1, 0.15) is 47.0 Å². The lowest BCUT2D eigenvalue weighted by molar-refractivity contribution is -0.186. The molecule has 3 saturated heterocycles. The molecule has 6 rings (SSSR count). The largest absolute Gasteiger partial charge is 0.394 e. The van der Waals surface area contributed by atoms with Crippen molar-refractivity contribution in [3.63, 3.8) is 0 Å². The number of anilines is 2. The van der Waals surface area contributed by atoms with Gasteiger partial charge in [0.15, 0.2) is 5.13 Å². The summed E-state index contributed by atoms with van der Waals surface area (Å²) in [7, 11) is 1.55. The molecule has 15 heteroatoms. The number of nitrogen functional groups attached to an aromatic ring is 1. The van der Waals surface area contributed by atoms with Crippen molar-refractivity contribution in [1.29, 1.82) is 0 Å². The second-order valence-electron chi connectivity index (χ2n) is 9.50. The van der Waals surface area contributed by atoms with Gasteiger partial charge in [0.2, 0.25) is 0 Å². The highest BCUT2D eigenvalue weighted by atomic mass is 35.5. The Morgan fingerprint density at radius 3 is 2.81 bits per heavy atom. The number of nitrogens with zero attached hydrogens (tertiary/aromatic N) is 6. The summed E-state index contributed by atoms with van der Waals surface area (Å²) < 4.78 is 18.9. The van der Waals surface area contributed by atoms with Gasteiger partial charge in [-0.3, -0.25) is 0 Å². The van der Waals surface area contributed by atoms with E-state index < -0.39 is 29.8 Å². The van der Waals surface area contributed by atoms with Crippen LogP contribution in [0.1, 0.15) is 6.04 Å². The number of ether oxygens (including phenoxy) is 3. The van der Waals surface area contributed by atoms with Crippen LogP contribution in [0, 0.1) is 5.41 Å². The van der Waals surface area contributed by atoms with E-state index in [4.69, 9.17) is 31.5 Å². The van der Waals surface area contributed by atoms with Gasteiger partial charge in [0, 0.05) is 31.8 Å². The number of halogens is 1. The number of rotatable bonds is 7. The molecule has 6 heterocycles. The minimum Gasteiger partial charge on any atom is -0.394 e. The molecule has 3 aliphatic rings. The van der Waals surface area contributed by atoms with Crippen molar-refractivity contribution in [2.75, 3.05) is 50.7 Å². The number of pyridine rings is 1. The molecule has 5 atom stereocenters. The maximum Gasteiger partial charge on any atom is 0.180 e. The molecule has 37 heavy (non-hydrogen) atoms. The normalized spacial score (nSPS) is 28.8. The van der Waals surface area contributed by atoms with Crippen molar-refractivity contribution >= 4 is 45.6 Å². The minimum absolute atomic E-state index is 0.212. The van der Waals surface area contributed by atoms with Crippen LogP contribution >= 0.6 is 34.7 Å². The molecular formula is C22H26ClN7O5S2. The second-order valence-corrected chi connectivity index (χ2v) is 12.0. The number of aliphatic hydroxyl groups excluding tert-OH is 2. The standard InChI is InChI=1S/C22H26ClN7O5S2/c1-33-18-16(30-4-12(27-28-30)13-6-36-21(24)26-13)17(32)14(5-31)35-20(18)37-15-2-11(23)3-25-19(15)29-7-22(8-29)9-34-10-22/h2-4,6,14,16-18,20,31-32H,5,7-10H2,1H3,(H2,24,26)/t14?,16-,17-,18?,20+/m0/s1. The lowest BCUT2D eigenvalue weighted by atomic mass is 9.78. The molecule has 0 aliphatic carbocycles. The van der Waals surface area contributed by atoms with Crippen LogP contribution in [0.5, 0.6) is 0 Å². The molecular weight excluding hydrogens is 542 g/mol. The quantitative estimate of drug-likeness (QED) is 0.377. The molecule has 3 aromatic heterocycles. The van der Waals surface area contributed by atoms with Gasteiger partial charge in [0.05, 0.1) is 41.4 Å². The SMILES string of the molecule is COC1[C@@H](Sc2cc(Cl)cnc2N2CC3(COC3)C2)OC(CO)[C@H](O)[C@@H]1n1cc(-c2csc(N)n2)nn1. The number of hydrogen-bond acceptors (Lipinski definition) is 13. The molecule has 12 nitrogen and oxygen atoms in total. The van der Waals surface area contributed by atoms with Crippen molar-refractivity contribution in [2.45, 2.75) is 34.7 Å². The van der Waals surface area contributed by atoms with Crippen LogP contribution in [0.3, 0.4) is 0 Å². The topological polar surface area (TPSA) is 154 Å². The van der Waals surface area contributed by atoms with Crippen molar-refractivity contribution < 1.29 is 24.4 Å². The Morgan fingerprint density at radius 2 is 2.16 bits per heavy atom. The van der Waals surface area contributed by atoms with Crippen molar-refractivity contribution in [2.24, 2.45) is 5.41 Å². The average molecular weight is 568 g/mol. The summed E-state index contributed by atoms with van der Waals surface area (Å²) in [6, 6.07) is 1.15. The third-order valence-corrected chi connectivity index (χ3v) is 8.95. The van der Waals surface area contributed by atoms with Gasteiger partial charge in [-0.15, -0.1) is 16.4 Å². The van der Waals surface area contributed by atoms with Gasteiger partial charge < -0.3 is 35.1 Å². The van der Waals surface area contributed by atoms with Gasteiger partial charge in [-0.2, -0.15) is 0 Å². The van der Waals surface area contributed by atoms with Gasteiger partial charge in [-0.1, -0.05) is 28.6 Å².